The predicted octanol–water partition coefficient (Wildman–Crippen LogP) is 1.68. The lowest BCUT2D eigenvalue weighted by Gasteiger charge is -2.28. The number of rotatable bonds is 1. The molecule has 2 rings (SSSR count). The molecule has 0 saturated heterocycles. The zero-order valence-electron chi connectivity index (χ0n) is 8.82. The number of pyridine rings is 1. The summed E-state index contributed by atoms with van der Waals surface area (Å²) in [6.45, 7) is 6.07. The standard InChI is InChI=1S/C11H16N2O/c1-7-9(11(2,3)12)10-8(14-7)5-4-6-13-10/h4-7,9H,12H2,1-3H3/t7-,9-/m1/s1. The van der Waals surface area contributed by atoms with Crippen molar-refractivity contribution in [2.24, 2.45) is 5.73 Å². The Morgan fingerprint density at radius 2 is 2.21 bits per heavy atom. The lowest BCUT2D eigenvalue weighted by atomic mass is 9.83. The van der Waals surface area contributed by atoms with Crippen LogP contribution < -0.4 is 10.5 Å². The van der Waals surface area contributed by atoms with Crippen molar-refractivity contribution in [3.05, 3.63) is 24.0 Å². The number of fused-ring (bicyclic) bond motifs is 1. The highest BCUT2D eigenvalue weighted by molar-refractivity contribution is 5.37. The van der Waals surface area contributed by atoms with Crippen LogP contribution >= 0.6 is 0 Å². The Morgan fingerprint density at radius 3 is 2.86 bits per heavy atom. The molecule has 0 aromatic carbocycles. The minimum Gasteiger partial charge on any atom is -0.488 e. The van der Waals surface area contributed by atoms with Crippen molar-refractivity contribution in [3.63, 3.8) is 0 Å². The average molecular weight is 192 g/mol. The Morgan fingerprint density at radius 1 is 1.50 bits per heavy atom. The molecule has 0 spiro atoms. The SMILES string of the molecule is C[C@H]1Oc2cccnc2[C@@H]1C(C)(C)N. The summed E-state index contributed by atoms with van der Waals surface area (Å²) in [7, 11) is 0. The van der Waals surface area contributed by atoms with E-state index in [4.69, 9.17) is 10.5 Å². The van der Waals surface area contributed by atoms with Crippen LogP contribution in [-0.2, 0) is 0 Å². The van der Waals surface area contributed by atoms with Gasteiger partial charge in [-0.15, -0.1) is 0 Å². The fourth-order valence-electron chi connectivity index (χ4n) is 2.18. The molecule has 1 aliphatic rings. The summed E-state index contributed by atoms with van der Waals surface area (Å²) in [5.74, 6) is 1.06. The number of aromatic nitrogens is 1. The van der Waals surface area contributed by atoms with Gasteiger partial charge in [-0.05, 0) is 32.9 Å². The van der Waals surface area contributed by atoms with Crippen LogP contribution in [0.1, 0.15) is 32.4 Å². The van der Waals surface area contributed by atoms with Gasteiger partial charge in [-0.3, -0.25) is 4.98 Å². The first-order chi connectivity index (χ1) is 6.50. The number of hydrogen-bond donors (Lipinski definition) is 1. The van der Waals surface area contributed by atoms with Crippen molar-refractivity contribution in [2.75, 3.05) is 0 Å². The zero-order valence-corrected chi connectivity index (χ0v) is 8.82. The largest absolute Gasteiger partial charge is 0.488 e. The second kappa shape index (κ2) is 2.95. The minimum absolute atomic E-state index is 0.111. The molecule has 2 N–H and O–H groups in total. The van der Waals surface area contributed by atoms with Crippen LogP contribution in [0.5, 0.6) is 5.75 Å². The highest BCUT2D eigenvalue weighted by Gasteiger charge is 2.40. The summed E-state index contributed by atoms with van der Waals surface area (Å²) in [5, 5.41) is 0. The summed E-state index contributed by atoms with van der Waals surface area (Å²) < 4.78 is 5.70. The topological polar surface area (TPSA) is 48.1 Å². The van der Waals surface area contributed by atoms with Crippen LogP contribution in [0.2, 0.25) is 0 Å². The molecule has 0 unspecified atom stereocenters. The molecule has 3 nitrogen and oxygen atoms in total. The maximum absolute atomic E-state index is 6.13. The van der Waals surface area contributed by atoms with Crippen LogP contribution in [0.4, 0.5) is 0 Å². The number of nitrogens with zero attached hydrogens (tertiary/aromatic N) is 1. The Hall–Kier alpha value is -1.09. The Bertz CT molecular complexity index is 343. The van der Waals surface area contributed by atoms with E-state index in [1.807, 2.05) is 32.9 Å². The molecule has 0 bridgehead atoms. The van der Waals surface area contributed by atoms with Crippen molar-refractivity contribution in [3.8, 4) is 5.75 Å². The van der Waals surface area contributed by atoms with Gasteiger partial charge in [0, 0.05) is 11.7 Å². The number of ether oxygens (including phenoxy) is 1. The van der Waals surface area contributed by atoms with E-state index < -0.39 is 0 Å². The van der Waals surface area contributed by atoms with E-state index in [-0.39, 0.29) is 17.6 Å². The molecule has 0 saturated carbocycles. The first-order valence-electron chi connectivity index (χ1n) is 4.90. The van der Waals surface area contributed by atoms with Gasteiger partial charge in [0.15, 0.2) is 0 Å². The molecule has 3 heteroatoms. The fourth-order valence-corrected chi connectivity index (χ4v) is 2.18. The van der Waals surface area contributed by atoms with Gasteiger partial charge in [0.05, 0.1) is 11.6 Å². The maximum Gasteiger partial charge on any atom is 0.141 e. The van der Waals surface area contributed by atoms with Crippen molar-refractivity contribution in [2.45, 2.75) is 38.3 Å². The van der Waals surface area contributed by atoms with Crippen molar-refractivity contribution in [1.29, 1.82) is 0 Å². The first-order valence-corrected chi connectivity index (χ1v) is 4.90. The highest BCUT2D eigenvalue weighted by atomic mass is 16.5. The monoisotopic (exact) mass is 192 g/mol. The van der Waals surface area contributed by atoms with Gasteiger partial charge in [-0.2, -0.15) is 0 Å². The van der Waals surface area contributed by atoms with E-state index >= 15 is 0 Å². The molecule has 1 aliphatic heterocycles. The van der Waals surface area contributed by atoms with E-state index in [2.05, 4.69) is 4.98 Å². The lowest BCUT2D eigenvalue weighted by molar-refractivity contribution is 0.190. The smallest absolute Gasteiger partial charge is 0.141 e. The quantitative estimate of drug-likeness (QED) is 0.736. The zero-order chi connectivity index (χ0) is 10.3. The fraction of sp³-hybridized carbons (Fsp3) is 0.545. The molecule has 0 fully saturated rings. The third-order valence-electron chi connectivity index (χ3n) is 2.68. The maximum atomic E-state index is 6.13. The van der Waals surface area contributed by atoms with E-state index in [1.165, 1.54) is 0 Å². The van der Waals surface area contributed by atoms with Crippen molar-refractivity contribution < 1.29 is 4.74 Å². The average Bonchev–Trinajstić information content (AvgIpc) is 2.38. The molecule has 1 aromatic heterocycles. The normalized spacial score (nSPS) is 25.7. The molecule has 0 radical (unpaired) electrons. The van der Waals surface area contributed by atoms with Gasteiger partial charge >= 0.3 is 0 Å². The van der Waals surface area contributed by atoms with Crippen molar-refractivity contribution in [1.82, 2.24) is 4.98 Å². The van der Waals surface area contributed by atoms with Crippen LogP contribution in [0.3, 0.4) is 0 Å². The van der Waals surface area contributed by atoms with E-state index in [0.717, 1.165) is 11.4 Å². The highest BCUT2D eigenvalue weighted by Crippen LogP contribution is 2.41. The minimum atomic E-state index is -0.293. The second-order valence-electron chi connectivity index (χ2n) is 4.51. The van der Waals surface area contributed by atoms with Crippen molar-refractivity contribution >= 4 is 0 Å². The van der Waals surface area contributed by atoms with Gasteiger partial charge in [0.1, 0.15) is 11.9 Å². The Labute approximate surface area is 84.3 Å². The molecule has 76 valence electrons. The van der Waals surface area contributed by atoms with E-state index in [9.17, 15) is 0 Å². The van der Waals surface area contributed by atoms with Crippen LogP contribution in [0.15, 0.2) is 18.3 Å². The number of hydrogen-bond acceptors (Lipinski definition) is 3. The summed E-state index contributed by atoms with van der Waals surface area (Å²) in [6.07, 6.45) is 1.90. The molecule has 2 heterocycles. The molecule has 2 atom stereocenters. The van der Waals surface area contributed by atoms with E-state index in [0.29, 0.717) is 0 Å². The van der Waals surface area contributed by atoms with Crippen LogP contribution in [-0.4, -0.2) is 16.6 Å². The molecular weight excluding hydrogens is 176 g/mol. The second-order valence-corrected chi connectivity index (χ2v) is 4.51. The van der Waals surface area contributed by atoms with Gasteiger partial charge < -0.3 is 10.5 Å². The summed E-state index contributed by atoms with van der Waals surface area (Å²) >= 11 is 0. The Kier molecular flexibility index (Phi) is 2.00. The van der Waals surface area contributed by atoms with Crippen LogP contribution in [0.25, 0.3) is 0 Å². The van der Waals surface area contributed by atoms with Gasteiger partial charge in [-0.1, -0.05) is 0 Å². The number of nitrogens with two attached hydrogens (primary N) is 1. The summed E-state index contributed by atoms with van der Waals surface area (Å²) in [5.41, 5.74) is 6.83. The van der Waals surface area contributed by atoms with E-state index in [1.54, 1.807) is 6.20 Å². The van der Waals surface area contributed by atoms with Gasteiger partial charge in [0.2, 0.25) is 0 Å². The Balaban J connectivity index is 2.45. The summed E-state index contributed by atoms with van der Waals surface area (Å²) in [6, 6.07) is 3.84. The first kappa shape index (κ1) is 9.46. The molecule has 0 amide bonds. The molecule has 14 heavy (non-hydrogen) atoms. The summed E-state index contributed by atoms with van der Waals surface area (Å²) in [4.78, 5) is 4.35. The third-order valence-corrected chi connectivity index (χ3v) is 2.68. The molecule has 1 aromatic rings. The van der Waals surface area contributed by atoms with Crippen LogP contribution in [0, 0.1) is 0 Å². The predicted molar refractivity (Wildman–Crippen MR) is 55.3 cm³/mol. The lowest BCUT2D eigenvalue weighted by Crippen LogP contribution is -2.43. The molecular formula is C11H16N2O. The van der Waals surface area contributed by atoms with Gasteiger partial charge in [0.25, 0.3) is 0 Å². The third kappa shape index (κ3) is 1.38. The van der Waals surface area contributed by atoms with Gasteiger partial charge in [-0.25, -0.2) is 0 Å². The molecule has 0 aliphatic carbocycles.